The smallest absolute Gasteiger partial charge is 0.243 e. The van der Waals surface area contributed by atoms with Crippen LogP contribution >= 0.6 is 0 Å². The number of likely N-dealkylation sites (N-methyl/N-ethyl adjacent to an activating group) is 2. The van der Waals surface area contributed by atoms with Gasteiger partial charge in [-0.1, -0.05) is 0 Å². The number of amides is 1. The van der Waals surface area contributed by atoms with E-state index >= 15 is 0 Å². The topological polar surface area (TPSA) is 45.2 Å². The minimum absolute atomic E-state index is 0.0405. The summed E-state index contributed by atoms with van der Waals surface area (Å²) in [7, 11) is 3.52. The van der Waals surface area contributed by atoms with Gasteiger partial charge in [-0.3, -0.25) is 9.78 Å². The molecule has 1 N–H and O–H groups in total. The first-order chi connectivity index (χ1) is 6.66. The number of carbonyl (C=O) groups is 1. The molecule has 0 aliphatic heterocycles. The van der Waals surface area contributed by atoms with E-state index in [4.69, 9.17) is 0 Å². The van der Waals surface area contributed by atoms with Crippen LogP contribution in [-0.2, 0) is 4.79 Å². The van der Waals surface area contributed by atoms with Gasteiger partial charge in [0, 0.05) is 25.1 Å². The molecule has 1 unspecified atom stereocenters. The lowest BCUT2D eigenvalue weighted by Gasteiger charge is -2.20. The Hall–Kier alpha value is -1.42. The van der Waals surface area contributed by atoms with Gasteiger partial charge in [-0.25, -0.2) is 0 Å². The maximum absolute atomic E-state index is 11.7. The zero-order valence-electron chi connectivity index (χ0n) is 8.69. The lowest BCUT2D eigenvalue weighted by Crippen LogP contribution is -2.41. The quantitative estimate of drug-likeness (QED) is 0.766. The summed E-state index contributed by atoms with van der Waals surface area (Å²) >= 11 is 0. The highest BCUT2D eigenvalue weighted by Crippen LogP contribution is 2.10. The molecule has 0 saturated heterocycles. The van der Waals surface area contributed by atoms with E-state index in [0.29, 0.717) is 0 Å². The summed E-state index contributed by atoms with van der Waals surface area (Å²) in [6.45, 7) is 1.83. The largest absolute Gasteiger partial charge is 0.314 e. The standard InChI is InChI=1S/C10H15N3O/c1-8(11-2)10(14)13(3)9-4-6-12-7-5-9/h4-8,11H,1-3H3. The van der Waals surface area contributed by atoms with Gasteiger partial charge >= 0.3 is 0 Å². The Kier molecular flexibility index (Phi) is 3.59. The van der Waals surface area contributed by atoms with E-state index in [2.05, 4.69) is 10.3 Å². The summed E-state index contributed by atoms with van der Waals surface area (Å²) in [6.07, 6.45) is 3.34. The monoisotopic (exact) mass is 193 g/mol. The Bertz CT molecular complexity index is 299. The molecule has 0 bridgehead atoms. The van der Waals surface area contributed by atoms with E-state index in [0.717, 1.165) is 5.69 Å². The molecule has 4 nitrogen and oxygen atoms in total. The molecule has 0 aliphatic rings. The highest BCUT2D eigenvalue weighted by atomic mass is 16.2. The lowest BCUT2D eigenvalue weighted by molar-refractivity contribution is -0.119. The Labute approximate surface area is 83.9 Å². The molecule has 76 valence electrons. The van der Waals surface area contributed by atoms with Crippen molar-refractivity contribution in [2.45, 2.75) is 13.0 Å². The van der Waals surface area contributed by atoms with Crippen LogP contribution in [0.2, 0.25) is 0 Å². The maximum atomic E-state index is 11.7. The molecule has 1 rings (SSSR count). The number of carbonyl (C=O) groups excluding carboxylic acids is 1. The van der Waals surface area contributed by atoms with Gasteiger partial charge in [-0.05, 0) is 26.1 Å². The third-order valence-electron chi connectivity index (χ3n) is 2.18. The van der Waals surface area contributed by atoms with E-state index in [9.17, 15) is 4.79 Å². The van der Waals surface area contributed by atoms with Gasteiger partial charge < -0.3 is 10.2 Å². The van der Waals surface area contributed by atoms with Crippen LogP contribution in [-0.4, -0.2) is 31.0 Å². The van der Waals surface area contributed by atoms with E-state index in [1.165, 1.54) is 0 Å². The lowest BCUT2D eigenvalue weighted by atomic mass is 10.2. The van der Waals surface area contributed by atoms with Gasteiger partial charge in [0.1, 0.15) is 0 Å². The fourth-order valence-electron chi connectivity index (χ4n) is 1.11. The number of rotatable bonds is 3. The second-order valence-corrected chi connectivity index (χ2v) is 3.11. The Balaban J connectivity index is 2.76. The predicted molar refractivity (Wildman–Crippen MR) is 56.2 cm³/mol. The van der Waals surface area contributed by atoms with Gasteiger partial charge in [-0.15, -0.1) is 0 Å². The van der Waals surface area contributed by atoms with Crippen LogP contribution in [0.4, 0.5) is 5.69 Å². The number of nitrogens with one attached hydrogen (secondary N) is 1. The van der Waals surface area contributed by atoms with Crippen LogP contribution in [0.1, 0.15) is 6.92 Å². The molecular weight excluding hydrogens is 178 g/mol. The molecule has 1 atom stereocenters. The molecule has 0 fully saturated rings. The number of aromatic nitrogens is 1. The second-order valence-electron chi connectivity index (χ2n) is 3.11. The van der Waals surface area contributed by atoms with Crippen LogP contribution in [0.3, 0.4) is 0 Å². The van der Waals surface area contributed by atoms with E-state index in [-0.39, 0.29) is 11.9 Å². The molecule has 0 saturated carbocycles. The molecule has 0 spiro atoms. The van der Waals surface area contributed by atoms with Crippen LogP contribution in [0.25, 0.3) is 0 Å². The molecule has 1 heterocycles. The van der Waals surface area contributed by atoms with Gasteiger partial charge in [-0.2, -0.15) is 0 Å². The first kappa shape index (κ1) is 10.7. The highest BCUT2D eigenvalue weighted by Gasteiger charge is 2.16. The Morgan fingerprint density at radius 2 is 2.07 bits per heavy atom. The van der Waals surface area contributed by atoms with Crippen molar-refractivity contribution in [2.24, 2.45) is 0 Å². The van der Waals surface area contributed by atoms with Crippen molar-refractivity contribution < 1.29 is 4.79 Å². The third-order valence-corrected chi connectivity index (χ3v) is 2.18. The Morgan fingerprint density at radius 1 is 1.50 bits per heavy atom. The minimum atomic E-state index is -0.173. The molecule has 1 amide bonds. The summed E-state index contributed by atoms with van der Waals surface area (Å²) in [4.78, 5) is 17.2. The summed E-state index contributed by atoms with van der Waals surface area (Å²) < 4.78 is 0. The molecular formula is C10H15N3O. The number of pyridine rings is 1. The molecule has 0 aromatic carbocycles. The molecule has 1 aromatic rings. The van der Waals surface area contributed by atoms with E-state index in [1.807, 2.05) is 6.92 Å². The maximum Gasteiger partial charge on any atom is 0.243 e. The molecule has 14 heavy (non-hydrogen) atoms. The van der Waals surface area contributed by atoms with Crippen molar-refractivity contribution in [3.63, 3.8) is 0 Å². The van der Waals surface area contributed by atoms with Gasteiger partial charge in [0.15, 0.2) is 0 Å². The van der Waals surface area contributed by atoms with Crippen molar-refractivity contribution in [3.05, 3.63) is 24.5 Å². The predicted octanol–water partition coefficient (Wildman–Crippen LogP) is 0.652. The molecule has 0 radical (unpaired) electrons. The minimum Gasteiger partial charge on any atom is -0.314 e. The first-order valence-corrected chi connectivity index (χ1v) is 4.51. The van der Waals surface area contributed by atoms with Crippen LogP contribution in [0, 0.1) is 0 Å². The van der Waals surface area contributed by atoms with Crippen molar-refractivity contribution in [2.75, 3.05) is 19.0 Å². The van der Waals surface area contributed by atoms with Crippen LogP contribution < -0.4 is 10.2 Å². The summed E-state index contributed by atoms with van der Waals surface area (Å²) in [5.74, 6) is 0.0405. The molecule has 0 aliphatic carbocycles. The van der Waals surface area contributed by atoms with Crippen molar-refractivity contribution >= 4 is 11.6 Å². The fourth-order valence-corrected chi connectivity index (χ4v) is 1.11. The van der Waals surface area contributed by atoms with Crippen LogP contribution in [0.5, 0.6) is 0 Å². The highest BCUT2D eigenvalue weighted by molar-refractivity contribution is 5.96. The van der Waals surface area contributed by atoms with Gasteiger partial charge in [0.25, 0.3) is 0 Å². The van der Waals surface area contributed by atoms with Crippen molar-refractivity contribution in [3.8, 4) is 0 Å². The number of nitrogens with zero attached hydrogens (tertiary/aromatic N) is 2. The average Bonchev–Trinajstić information content (AvgIpc) is 2.27. The average molecular weight is 193 g/mol. The number of hydrogen-bond acceptors (Lipinski definition) is 3. The molecule has 1 aromatic heterocycles. The SMILES string of the molecule is CNC(C)C(=O)N(C)c1ccncc1. The van der Waals surface area contributed by atoms with Gasteiger partial charge in [0.05, 0.1) is 6.04 Å². The summed E-state index contributed by atoms with van der Waals surface area (Å²) in [6, 6.07) is 3.44. The number of anilines is 1. The molecule has 4 heteroatoms. The summed E-state index contributed by atoms with van der Waals surface area (Å²) in [5.41, 5.74) is 0.854. The van der Waals surface area contributed by atoms with E-state index in [1.54, 1.807) is 43.5 Å². The second kappa shape index (κ2) is 4.72. The Morgan fingerprint density at radius 3 is 2.57 bits per heavy atom. The zero-order valence-corrected chi connectivity index (χ0v) is 8.69. The van der Waals surface area contributed by atoms with Crippen molar-refractivity contribution in [1.29, 1.82) is 0 Å². The third kappa shape index (κ3) is 2.29. The first-order valence-electron chi connectivity index (χ1n) is 4.51. The van der Waals surface area contributed by atoms with E-state index < -0.39 is 0 Å². The van der Waals surface area contributed by atoms with Gasteiger partial charge in [0.2, 0.25) is 5.91 Å². The normalized spacial score (nSPS) is 12.2. The number of hydrogen-bond donors (Lipinski definition) is 1. The fraction of sp³-hybridized carbons (Fsp3) is 0.400. The summed E-state index contributed by atoms with van der Waals surface area (Å²) in [5, 5.41) is 2.91. The van der Waals surface area contributed by atoms with Crippen LogP contribution in [0.15, 0.2) is 24.5 Å². The van der Waals surface area contributed by atoms with Crippen molar-refractivity contribution in [1.82, 2.24) is 10.3 Å². The zero-order chi connectivity index (χ0) is 10.6.